The van der Waals surface area contributed by atoms with Crippen LogP contribution in [0.3, 0.4) is 0 Å². The monoisotopic (exact) mass is 162 g/mol. The molecule has 0 nitrogen and oxygen atoms in total. The van der Waals surface area contributed by atoms with E-state index in [-0.39, 0.29) is 42.0 Å². The molecule has 0 aliphatic heterocycles. The van der Waals surface area contributed by atoms with E-state index in [1.165, 1.54) is 5.56 Å². The molecule has 10 heavy (non-hydrogen) atoms. The van der Waals surface area contributed by atoms with E-state index in [0.717, 1.165) is 0 Å². The molecule has 0 unspecified atom stereocenters. The third kappa shape index (κ3) is 4.13. The number of rotatable bonds is 1. The van der Waals surface area contributed by atoms with E-state index in [0.29, 0.717) is 0 Å². The Morgan fingerprint density at radius 2 is 1.60 bits per heavy atom. The van der Waals surface area contributed by atoms with Crippen LogP contribution in [-0.4, -0.2) is 0 Å². The molecule has 0 aliphatic carbocycles. The van der Waals surface area contributed by atoms with Gasteiger partial charge in [-0.25, -0.2) is 0 Å². The predicted molar refractivity (Wildman–Crippen MR) is 36.5 cm³/mol. The zero-order chi connectivity index (χ0) is 5.82. The Bertz CT molecular complexity index is 172. The van der Waals surface area contributed by atoms with Crippen LogP contribution in [0.5, 0.6) is 0 Å². The van der Waals surface area contributed by atoms with Crippen molar-refractivity contribution in [1.82, 2.24) is 0 Å². The largest absolute Gasteiger partial charge is 1.00 e. The molecule has 0 saturated heterocycles. The first-order valence-electron chi connectivity index (χ1n) is 2.61. The van der Waals surface area contributed by atoms with Gasteiger partial charge in [0, 0.05) is 0 Å². The van der Waals surface area contributed by atoms with Gasteiger partial charge in [0.1, 0.15) is 0 Å². The van der Waals surface area contributed by atoms with Crippen LogP contribution in [0.15, 0.2) is 36.9 Å². The van der Waals surface area contributed by atoms with Gasteiger partial charge in [-0.05, 0) is 5.56 Å². The first-order chi connectivity index (χ1) is 3.93. The smallest absolute Gasteiger partial charge is 1.00 e. The van der Waals surface area contributed by atoms with E-state index in [9.17, 15) is 0 Å². The fraction of sp³-hybridized carbons (Fsp3) is 0. The van der Waals surface area contributed by atoms with Crippen molar-refractivity contribution in [3.05, 3.63) is 42.5 Å². The van der Waals surface area contributed by atoms with E-state index in [1.807, 2.05) is 36.4 Å². The fourth-order valence-corrected chi connectivity index (χ4v) is 0.589. The summed E-state index contributed by atoms with van der Waals surface area (Å²) < 4.78 is 0. The second-order valence-electron chi connectivity index (χ2n) is 1.61. The molecule has 0 fully saturated rings. The minimum Gasteiger partial charge on any atom is -1.00 e. The maximum Gasteiger partial charge on any atom is 1.00 e. The molecule has 0 bridgehead atoms. The van der Waals surface area contributed by atoms with E-state index in [2.05, 4.69) is 6.58 Å². The molecule has 0 saturated carbocycles. The Morgan fingerprint density at radius 3 is 1.90 bits per heavy atom. The van der Waals surface area contributed by atoms with Gasteiger partial charge in [0.2, 0.25) is 0 Å². The molecule has 0 aliphatic rings. The molecule has 0 amide bonds. The predicted octanol–water partition coefficient (Wildman–Crippen LogP) is -3.66. The molecule has 0 aromatic heterocycles. The molecule has 48 valence electrons. The molecule has 0 heterocycles. The minimum absolute atomic E-state index is 0. The van der Waals surface area contributed by atoms with E-state index in [1.54, 1.807) is 0 Å². The average molecular weight is 163 g/mol. The summed E-state index contributed by atoms with van der Waals surface area (Å²) in [5, 5.41) is 0. The summed E-state index contributed by atoms with van der Waals surface area (Å²) in [6.07, 6.45) is 1.83. The average Bonchev–Trinajstić information content (AvgIpc) is 1.90. The van der Waals surface area contributed by atoms with Crippen LogP contribution < -0.4 is 42.0 Å². The van der Waals surface area contributed by atoms with Gasteiger partial charge >= 0.3 is 29.6 Å². The van der Waals surface area contributed by atoms with Gasteiger partial charge in [-0.2, -0.15) is 0 Å². The second kappa shape index (κ2) is 7.36. The van der Waals surface area contributed by atoms with Crippen molar-refractivity contribution in [2.45, 2.75) is 0 Å². The van der Waals surface area contributed by atoms with Gasteiger partial charge in [0.15, 0.2) is 0 Å². The summed E-state index contributed by atoms with van der Waals surface area (Å²) in [6.45, 7) is 3.63. The Morgan fingerprint density at radius 1 is 1.10 bits per heavy atom. The van der Waals surface area contributed by atoms with Gasteiger partial charge in [-0.15, -0.1) is 0 Å². The van der Waals surface area contributed by atoms with Crippen molar-refractivity contribution in [3.8, 4) is 0 Å². The molecule has 1 aromatic carbocycles. The molecule has 0 N–H and O–H groups in total. The summed E-state index contributed by atoms with van der Waals surface area (Å²) >= 11 is 0. The standard InChI is InChI=1S/C8H8.ClH.Na/c1-2-8-6-4-3-5-7-8;;/h2-7H,1H2;1H;/q;;+1/p-1. The SMILES string of the molecule is C=Cc1ccccc1.[Cl-].[Na+]. The van der Waals surface area contributed by atoms with Crippen molar-refractivity contribution in [3.63, 3.8) is 0 Å². The van der Waals surface area contributed by atoms with Crippen LogP contribution in [-0.2, 0) is 0 Å². The number of benzene rings is 1. The number of hydrogen-bond donors (Lipinski definition) is 0. The van der Waals surface area contributed by atoms with Crippen molar-refractivity contribution in [1.29, 1.82) is 0 Å². The summed E-state index contributed by atoms with van der Waals surface area (Å²) in [6, 6.07) is 10.0. The summed E-state index contributed by atoms with van der Waals surface area (Å²) in [4.78, 5) is 0. The number of halogens is 1. The van der Waals surface area contributed by atoms with Gasteiger partial charge < -0.3 is 12.4 Å². The van der Waals surface area contributed by atoms with Crippen LogP contribution in [0.2, 0.25) is 0 Å². The van der Waals surface area contributed by atoms with Crippen LogP contribution in [0.4, 0.5) is 0 Å². The second-order valence-corrected chi connectivity index (χ2v) is 1.61. The number of hydrogen-bond acceptors (Lipinski definition) is 0. The summed E-state index contributed by atoms with van der Waals surface area (Å²) in [7, 11) is 0. The van der Waals surface area contributed by atoms with Crippen LogP contribution in [0.25, 0.3) is 6.08 Å². The fourth-order valence-electron chi connectivity index (χ4n) is 0.589. The molecule has 0 atom stereocenters. The normalized spacial score (nSPS) is 6.80. The molecular formula is C8H8ClNa. The molecule has 1 rings (SSSR count). The van der Waals surface area contributed by atoms with Crippen LogP contribution in [0, 0.1) is 0 Å². The van der Waals surface area contributed by atoms with Gasteiger partial charge in [0.25, 0.3) is 0 Å². The Balaban J connectivity index is 0. The van der Waals surface area contributed by atoms with Crippen molar-refractivity contribution in [2.75, 3.05) is 0 Å². The third-order valence-electron chi connectivity index (χ3n) is 1.04. The maximum atomic E-state index is 3.63. The first-order valence-corrected chi connectivity index (χ1v) is 2.61. The van der Waals surface area contributed by atoms with Crippen molar-refractivity contribution >= 4 is 6.08 Å². The van der Waals surface area contributed by atoms with Crippen molar-refractivity contribution < 1.29 is 42.0 Å². The zero-order valence-corrected chi connectivity index (χ0v) is 8.81. The van der Waals surface area contributed by atoms with Gasteiger partial charge in [-0.1, -0.05) is 43.0 Å². The molecule has 1 aromatic rings. The molecule has 0 spiro atoms. The summed E-state index contributed by atoms with van der Waals surface area (Å²) in [5.74, 6) is 0. The maximum absolute atomic E-state index is 3.63. The van der Waals surface area contributed by atoms with Crippen molar-refractivity contribution in [2.24, 2.45) is 0 Å². The van der Waals surface area contributed by atoms with E-state index in [4.69, 9.17) is 0 Å². The first kappa shape index (κ1) is 12.9. The Hall–Kier alpha value is 0.250. The van der Waals surface area contributed by atoms with E-state index < -0.39 is 0 Å². The quantitative estimate of drug-likeness (QED) is 0.374. The summed E-state index contributed by atoms with van der Waals surface area (Å²) in [5.41, 5.74) is 1.17. The topological polar surface area (TPSA) is 0 Å². The van der Waals surface area contributed by atoms with E-state index >= 15 is 0 Å². The Labute approximate surface area is 90.0 Å². The molecular weight excluding hydrogens is 155 g/mol. The van der Waals surface area contributed by atoms with Crippen LogP contribution >= 0.6 is 0 Å². The molecule has 2 heteroatoms. The third-order valence-corrected chi connectivity index (χ3v) is 1.04. The zero-order valence-electron chi connectivity index (χ0n) is 6.05. The van der Waals surface area contributed by atoms with Gasteiger partial charge in [-0.3, -0.25) is 0 Å². The minimum atomic E-state index is 0. The molecule has 0 radical (unpaired) electrons. The Kier molecular flexibility index (Phi) is 9.48. The van der Waals surface area contributed by atoms with Crippen LogP contribution in [0.1, 0.15) is 5.56 Å². The van der Waals surface area contributed by atoms with Gasteiger partial charge in [0.05, 0.1) is 0 Å².